The van der Waals surface area contributed by atoms with Gasteiger partial charge in [0.2, 0.25) is 0 Å². The Balaban J connectivity index is 2.06. The van der Waals surface area contributed by atoms with Gasteiger partial charge in [0.1, 0.15) is 0 Å². The van der Waals surface area contributed by atoms with Gasteiger partial charge in [0.05, 0.1) is 24.6 Å². The molecule has 0 saturated carbocycles. The largest absolute Gasteiger partial charge is 0.378 e. The second-order valence-electron chi connectivity index (χ2n) is 4.52. The Labute approximate surface area is 148 Å². The number of hydrogen-bond acceptors (Lipinski definition) is 4. The first-order valence-electron chi connectivity index (χ1n) is 6.49. The average molecular weight is 383 g/mol. The Morgan fingerprint density at radius 2 is 1.86 bits per heavy atom. The molecular weight excluding hydrogens is 369 g/mol. The summed E-state index contributed by atoms with van der Waals surface area (Å²) in [6.07, 6.45) is 0. The number of rotatable bonds is 2. The first-order chi connectivity index (χ1) is 10.4. The van der Waals surface area contributed by atoms with Crippen LogP contribution < -0.4 is 15.5 Å². The highest BCUT2D eigenvalue weighted by molar-refractivity contribution is 7.80. The molecule has 0 aliphatic carbocycles. The Hall–Kier alpha value is -0.790. The Morgan fingerprint density at radius 1 is 1.23 bits per heavy atom. The molecule has 120 valence electrons. The second kappa shape index (κ2) is 7.66. The SMILES string of the molecule is O=C(NC(=S)Nc1ccccc1N1CCOCC1)C(Cl)(Cl)Cl. The zero-order valence-corrected chi connectivity index (χ0v) is 14.5. The molecule has 1 aliphatic rings. The van der Waals surface area contributed by atoms with Crippen LogP contribution >= 0.6 is 47.0 Å². The number of amides is 1. The van der Waals surface area contributed by atoms with Gasteiger partial charge in [0.25, 0.3) is 9.70 Å². The maximum Gasteiger partial charge on any atom is 0.278 e. The number of halogens is 3. The van der Waals surface area contributed by atoms with Gasteiger partial charge in [0.15, 0.2) is 5.11 Å². The Kier molecular flexibility index (Phi) is 6.11. The molecule has 1 aromatic carbocycles. The number of alkyl halides is 3. The number of ether oxygens (including phenoxy) is 1. The number of thiocarbonyl (C=S) groups is 1. The van der Waals surface area contributed by atoms with Crippen LogP contribution in [0.4, 0.5) is 11.4 Å². The van der Waals surface area contributed by atoms with Crippen molar-refractivity contribution >= 4 is 69.4 Å². The summed E-state index contributed by atoms with van der Waals surface area (Å²) >= 11 is 21.6. The summed E-state index contributed by atoms with van der Waals surface area (Å²) < 4.78 is 3.28. The van der Waals surface area contributed by atoms with E-state index in [2.05, 4.69) is 15.5 Å². The molecule has 1 aromatic rings. The third-order valence-electron chi connectivity index (χ3n) is 2.99. The monoisotopic (exact) mass is 381 g/mol. The fourth-order valence-electron chi connectivity index (χ4n) is 1.99. The van der Waals surface area contributed by atoms with Gasteiger partial charge in [-0.1, -0.05) is 46.9 Å². The number of benzene rings is 1. The number of para-hydroxylation sites is 2. The molecule has 1 amide bonds. The van der Waals surface area contributed by atoms with E-state index in [0.29, 0.717) is 13.2 Å². The van der Waals surface area contributed by atoms with Gasteiger partial charge >= 0.3 is 0 Å². The molecule has 2 rings (SSSR count). The van der Waals surface area contributed by atoms with Gasteiger partial charge in [-0.05, 0) is 24.4 Å². The normalized spacial score (nSPS) is 15.3. The van der Waals surface area contributed by atoms with E-state index in [4.69, 9.17) is 51.8 Å². The molecule has 9 heteroatoms. The summed E-state index contributed by atoms with van der Waals surface area (Å²) in [5, 5.41) is 5.36. The predicted molar refractivity (Wildman–Crippen MR) is 94.1 cm³/mol. The standard InChI is InChI=1S/C13H14Cl3N3O2S/c14-13(15,16)11(20)18-12(22)17-9-3-1-2-4-10(9)19-5-7-21-8-6-19/h1-4H,5-8H2,(H2,17,18,20,22). The first kappa shape index (κ1) is 17.6. The Morgan fingerprint density at radius 3 is 2.50 bits per heavy atom. The third-order valence-corrected chi connectivity index (χ3v) is 3.71. The van der Waals surface area contributed by atoms with Gasteiger partial charge in [-0.15, -0.1) is 0 Å². The summed E-state index contributed by atoms with van der Waals surface area (Å²) in [4.78, 5) is 13.8. The van der Waals surface area contributed by atoms with Crippen LogP contribution in [0, 0.1) is 0 Å². The lowest BCUT2D eigenvalue weighted by Crippen LogP contribution is -2.41. The summed E-state index contributed by atoms with van der Waals surface area (Å²) in [6, 6.07) is 7.62. The molecule has 1 aliphatic heterocycles. The molecule has 0 aromatic heterocycles. The molecule has 1 heterocycles. The molecule has 1 fully saturated rings. The topological polar surface area (TPSA) is 53.6 Å². The number of nitrogens with one attached hydrogen (secondary N) is 2. The molecule has 0 bridgehead atoms. The van der Waals surface area contributed by atoms with Crippen molar-refractivity contribution in [1.82, 2.24) is 5.32 Å². The molecule has 22 heavy (non-hydrogen) atoms. The van der Waals surface area contributed by atoms with Crippen LogP contribution in [-0.2, 0) is 9.53 Å². The second-order valence-corrected chi connectivity index (χ2v) is 7.21. The van der Waals surface area contributed by atoms with E-state index in [-0.39, 0.29) is 5.11 Å². The number of morpholine rings is 1. The lowest BCUT2D eigenvalue weighted by atomic mass is 10.2. The van der Waals surface area contributed by atoms with Crippen LogP contribution in [0.15, 0.2) is 24.3 Å². The fourth-order valence-corrected chi connectivity index (χ4v) is 2.33. The van der Waals surface area contributed by atoms with E-state index in [1.165, 1.54) is 0 Å². The van der Waals surface area contributed by atoms with Crippen molar-refractivity contribution in [3.05, 3.63) is 24.3 Å². The lowest BCUT2D eigenvalue weighted by molar-refractivity contribution is -0.118. The van der Waals surface area contributed by atoms with E-state index >= 15 is 0 Å². The van der Waals surface area contributed by atoms with Crippen molar-refractivity contribution in [2.24, 2.45) is 0 Å². The molecule has 0 radical (unpaired) electrons. The van der Waals surface area contributed by atoms with Gasteiger partial charge in [-0.25, -0.2) is 0 Å². The van der Waals surface area contributed by atoms with Crippen LogP contribution in [0.3, 0.4) is 0 Å². The zero-order chi connectivity index (χ0) is 16.2. The van der Waals surface area contributed by atoms with Crippen molar-refractivity contribution in [2.45, 2.75) is 3.79 Å². The van der Waals surface area contributed by atoms with Crippen LogP contribution in [0.2, 0.25) is 0 Å². The van der Waals surface area contributed by atoms with Gasteiger partial charge in [0, 0.05) is 13.1 Å². The maximum absolute atomic E-state index is 11.6. The minimum absolute atomic E-state index is 0.0667. The summed E-state index contributed by atoms with van der Waals surface area (Å²) in [6.45, 7) is 2.91. The smallest absolute Gasteiger partial charge is 0.278 e. The zero-order valence-electron chi connectivity index (χ0n) is 11.4. The molecule has 0 spiro atoms. The summed E-state index contributed by atoms with van der Waals surface area (Å²) in [7, 11) is 0. The number of carbonyl (C=O) groups excluding carboxylic acids is 1. The quantitative estimate of drug-likeness (QED) is 0.608. The van der Waals surface area contributed by atoms with Crippen molar-refractivity contribution in [2.75, 3.05) is 36.5 Å². The van der Waals surface area contributed by atoms with Crippen LogP contribution in [0.5, 0.6) is 0 Å². The number of anilines is 2. The minimum Gasteiger partial charge on any atom is -0.378 e. The molecular formula is C13H14Cl3N3O2S. The molecule has 1 saturated heterocycles. The van der Waals surface area contributed by atoms with Gasteiger partial charge < -0.3 is 15.0 Å². The van der Waals surface area contributed by atoms with Gasteiger partial charge in [-0.3, -0.25) is 10.1 Å². The first-order valence-corrected chi connectivity index (χ1v) is 8.03. The van der Waals surface area contributed by atoms with E-state index in [1.807, 2.05) is 24.3 Å². The predicted octanol–water partition coefficient (Wildman–Crippen LogP) is 2.71. The van der Waals surface area contributed by atoms with Crippen LogP contribution in [-0.4, -0.2) is 41.1 Å². The number of carbonyl (C=O) groups is 1. The van der Waals surface area contributed by atoms with E-state index in [0.717, 1.165) is 24.5 Å². The van der Waals surface area contributed by atoms with Gasteiger partial charge in [-0.2, -0.15) is 0 Å². The highest BCUT2D eigenvalue weighted by Crippen LogP contribution is 2.27. The molecule has 5 nitrogen and oxygen atoms in total. The summed E-state index contributed by atoms with van der Waals surface area (Å²) in [5.41, 5.74) is 1.73. The van der Waals surface area contributed by atoms with E-state index < -0.39 is 9.70 Å². The van der Waals surface area contributed by atoms with Crippen molar-refractivity contribution in [3.8, 4) is 0 Å². The van der Waals surface area contributed by atoms with E-state index in [9.17, 15) is 4.79 Å². The number of nitrogens with zero attached hydrogens (tertiary/aromatic N) is 1. The average Bonchev–Trinajstić information content (AvgIpc) is 2.47. The van der Waals surface area contributed by atoms with Crippen LogP contribution in [0.25, 0.3) is 0 Å². The highest BCUT2D eigenvalue weighted by Gasteiger charge is 2.31. The van der Waals surface area contributed by atoms with Crippen molar-refractivity contribution in [3.63, 3.8) is 0 Å². The van der Waals surface area contributed by atoms with Crippen molar-refractivity contribution < 1.29 is 9.53 Å². The van der Waals surface area contributed by atoms with Crippen LogP contribution in [0.1, 0.15) is 0 Å². The van der Waals surface area contributed by atoms with Crippen molar-refractivity contribution in [1.29, 1.82) is 0 Å². The number of hydrogen-bond donors (Lipinski definition) is 2. The van der Waals surface area contributed by atoms with E-state index in [1.54, 1.807) is 0 Å². The lowest BCUT2D eigenvalue weighted by Gasteiger charge is -2.30. The molecule has 2 N–H and O–H groups in total. The third kappa shape index (κ3) is 4.86. The molecule has 0 unspecified atom stereocenters. The maximum atomic E-state index is 11.6. The molecule has 0 atom stereocenters. The fraction of sp³-hybridized carbons (Fsp3) is 0.385. The minimum atomic E-state index is -2.06. The summed E-state index contributed by atoms with van der Waals surface area (Å²) in [5.74, 6) is -0.807. The highest BCUT2D eigenvalue weighted by atomic mass is 35.6. The Bertz CT molecular complexity index is 560.